The van der Waals surface area contributed by atoms with Gasteiger partial charge < -0.3 is 4.90 Å². The molecule has 1 unspecified atom stereocenters. The van der Waals surface area contributed by atoms with Gasteiger partial charge in [-0.25, -0.2) is 8.42 Å². The highest BCUT2D eigenvalue weighted by Crippen LogP contribution is 2.24. The molecule has 0 aromatic heterocycles. The molecule has 0 N–H and O–H groups in total. The minimum absolute atomic E-state index is 0.0488. The van der Waals surface area contributed by atoms with E-state index in [9.17, 15) is 13.2 Å². The molecular formula is C19H30N2O3S. The van der Waals surface area contributed by atoms with Gasteiger partial charge in [0.1, 0.15) is 0 Å². The number of carbonyl (C=O) groups excluding carboxylic acids is 1. The zero-order valence-electron chi connectivity index (χ0n) is 15.8. The number of amides is 1. The van der Waals surface area contributed by atoms with E-state index < -0.39 is 10.0 Å². The van der Waals surface area contributed by atoms with Gasteiger partial charge in [-0.1, -0.05) is 33.3 Å². The van der Waals surface area contributed by atoms with E-state index in [0.717, 1.165) is 37.9 Å². The molecule has 0 bridgehead atoms. The second-order valence-electron chi connectivity index (χ2n) is 6.73. The zero-order valence-corrected chi connectivity index (χ0v) is 16.6. The van der Waals surface area contributed by atoms with Gasteiger partial charge in [-0.3, -0.25) is 4.79 Å². The highest BCUT2D eigenvalue weighted by molar-refractivity contribution is 7.89. The molecule has 0 radical (unpaired) electrons. The molecule has 1 aliphatic rings. The van der Waals surface area contributed by atoms with Crippen LogP contribution in [0.2, 0.25) is 0 Å². The lowest BCUT2D eigenvalue weighted by molar-refractivity contribution is 0.0670. The third-order valence-electron chi connectivity index (χ3n) is 5.17. The van der Waals surface area contributed by atoms with Crippen LogP contribution in [0.4, 0.5) is 0 Å². The average Bonchev–Trinajstić information content (AvgIpc) is 2.62. The molecule has 1 heterocycles. The fourth-order valence-electron chi connectivity index (χ4n) is 3.46. The summed E-state index contributed by atoms with van der Waals surface area (Å²) in [7, 11) is -3.56. The van der Waals surface area contributed by atoms with Crippen molar-refractivity contribution in [3.05, 3.63) is 29.3 Å². The molecule has 1 fully saturated rings. The Kier molecular flexibility index (Phi) is 6.63. The third kappa shape index (κ3) is 4.23. The molecule has 5 nitrogen and oxygen atoms in total. The van der Waals surface area contributed by atoms with Crippen molar-refractivity contribution in [1.82, 2.24) is 9.21 Å². The molecule has 140 valence electrons. The smallest absolute Gasteiger partial charge is 0.254 e. The van der Waals surface area contributed by atoms with Crippen molar-refractivity contribution < 1.29 is 13.2 Å². The van der Waals surface area contributed by atoms with Gasteiger partial charge in [-0.2, -0.15) is 4.31 Å². The number of piperidine rings is 1. The molecular weight excluding hydrogens is 336 g/mol. The maximum atomic E-state index is 13.0. The summed E-state index contributed by atoms with van der Waals surface area (Å²) in [6, 6.07) is 4.90. The van der Waals surface area contributed by atoms with Crippen molar-refractivity contribution in [2.45, 2.75) is 51.9 Å². The molecule has 2 rings (SSSR count). The van der Waals surface area contributed by atoms with Gasteiger partial charge in [0.25, 0.3) is 5.91 Å². The molecule has 1 atom stereocenters. The van der Waals surface area contributed by atoms with E-state index in [2.05, 4.69) is 6.92 Å². The summed E-state index contributed by atoms with van der Waals surface area (Å²) >= 11 is 0. The molecule has 6 heteroatoms. The highest BCUT2D eigenvalue weighted by Gasteiger charge is 2.27. The molecule has 1 saturated heterocycles. The summed E-state index contributed by atoms with van der Waals surface area (Å²) in [5, 5.41) is 0. The number of carbonyl (C=O) groups is 1. The lowest BCUT2D eigenvalue weighted by atomic mass is 9.95. The van der Waals surface area contributed by atoms with E-state index in [0.29, 0.717) is 24.6 Å². The largest absolute Gasteiger partial charge is 0.338 e. The van der Waals surface area contributed by atoms with Crippen molar-refractivity contribution in [1.29, 1.82) is 0 Å². The summed E-state index contributed by atoms with van der Waals surface area (Å²) in [4.78, 5) is 15.1. The van der Waals surface area contributed by atoms with E-state index in [-0.39, 0.29) is 10.8 Å². The quantitative estimate of drug-likeness (QED) is 0.776. The first-order chi connectivity index (χ1) is 11.8. The number of likely N-dealkylation sites (tertiary alicyclic amines) is 1. The number of benzene rings is 1. The Morgan fingerprint density at radius 3 is 2.52 bits per heavy atom. The van der Waals surface area contributed by atoms with E-state index in [1.807, 2.05) is 25.7 Å². The van der Waals surface area contributed by atoms with Gasteiger partial charge in [-0.15, -0.1) is 0 Å². The number of sulfonamides is 1. The molecule has 1 aromatic carbocycles. The highest BCUT2D eigenvalue weighted by atomic mass is 32.2. The Bertz CT molecular complexity index is 711. The van der Waals surface area contributed by atoms with Crippen LogP contribution in [0.1, 0.15) is 56.0 Å². The summed E-state index contributed by atoms with van der Waals surface area (Å²) in [6.45, 7) is 10.0. The minimum atomic E-state index is -3.56. The Hall–Kier alpha value is -1.40. The van der Waals surface area contributed by atoms with Crippen molar-refractivity contribution >= 4 is 15.9 Å². The number of aryl methyl sites for hydroxylation is 1. The second-order valence-corrected chi connectivity index (χ2v) is 8.67. The summed E-state index contributed by atoms with van der Waals surface area (Å²) < 4.78 is 26.9. The number of nitrogens with zero attached hydrogens (tertiary/aromatic N) is 2. The monoisotopic (exact) mass is 366 g/mol. The minimum Gasteiger partial charge on any atom is -0.338 e. The molecule has 0 spiro atoms. The van der Waals surface area contributed by atoms with Gasteiger partial charge >= 0.3 is 0 Å². The van der Waals surface area contributed by atoms with E-state index in [4.69, 9.17) is 0 Å². The summed E-state index contributed by atoms with van der Waals surface area (Å²) in [5.74, 6) is 0.493. The normalized spacial score (nSPS) is 18.6. The fourth-order valence-corrected chi connectivity index (χ4v) is 4.94. The van der Waals surface area contributed by atoms with Crippen LogP contribution in [0, 0.1) is 12.8 Å². The van der Waals surface area contributed by atoms with Gasteiger partial charge in [0.05, 0.1) is 4.90 Å². The van der Waals surface area contributed by atoms with Crippen LogP contribution in [-0.2, 0) is 10.0 Å². The molecule has 1 aliphatic heterocycles. The zero-order chi connectivity index (χ0) is 18.6. The molecule has 1 aromatic rings. The molecule has 0 saturated carbocycles. The first kappa shape index (κ1) is 19.9. The van der Waals surface area contributed by atoms with Gasteiger partial charge in [0, 0.05) is 31.7 Å². The first-order valence-electron chi connectivity index (χ1n) is 9.25. The second kappa shape index (κ2) is 8.32. The van der Waals surface area contributed by atoms with E-state index >= 15 is 0 Å². The number of hydrogen-bond acceptors (Lipinski definition) is 3. The van der Waals surface area contributed by atoms with Crippen LogP contribution in [0.15, 0.2) is 23.1 Å². The SMILES string of the molecule is CCC1CCCN(C(=O)c2cc(S(=O)(=O)N(CC)CC)ccc2C)C1. The average molecular weight is 367 g/mol. The van der Waals surface area contributed by atoms with Gasteiger partial charge in [-0.05, 0) is 43.4 Å². The number of rotatable bonds is 6. The van der Waals surface area contributed by atoms with E-state index in [1.54, 1.807) is 18.2 Å². The van der Waals surface area contributed by atoms with Crippen LogP contribution >= 0.6 is 0 Å². The number of hydrogen-bond donors (Lipinski definition) is 0. The lowest BCUT2D eigenvalue weighted by Gasteiger charge is -2.32. The van der Waals surface area contributed by atoms with Gasteiger partial charge in [0.2, 0.25) is 10.0 Å². The summed E-state index contributed by atoms with van der Waals surface area (Å²) in [5.41, 5.74) is 1.33. The molecule has 1 amide bonds. The van der Waals surface area contributed by atoms with Crippen LogP contribution in [0.25, 0.3) is 0 Å². The molecule has 0 aliphatic carbocycles. The molecule has 25 heavy (non-hydrogen) atoms. The van der Waals surface area contributed by atoms with Crippen molar-refractivity contribution in [2.24, 2.45) is 5.92 Å². The van der Waals surface area contributed by atoms with E-state index in [1.165, 1.54) is 4.31 Å². The Morgan fingerprint density at radius 2 is 1.92 bits per heavy atom. The van der Waals surface area contributed by atoms with Crippen LogP contribution in [0.5, 0.6) is 0 Å². The van der Waals surface area contributed by atoms with Crippen molar-refractivity contribution in [3.8, 4) is 0 Å². The predicted octanol–water partition coefficient (Wildman–Crippen LogP) is 3.29. The van der Waals surface area contributed by atoms with Crippen molar-refractivity contribution in [2.75, 3.05) is 26.2 Å². The third-order valence-corrected chi connectivity index (χ3v) is 7.21. The Labute approximate surface area is 152 Å². The summed E-state index contributed by atoms with van der Waals surface area (Å²) in [6.07, 6.45) is 3.25. The van der Waals surface area contributed by atoms with Crippen molar-refractivity contribution in [3.63, 3.8) is 0 Å². The predicted molar refractivity (Wildman–Crippen MR) is 100 cm³/mol. The Morgan fingerprint density at radius 1 is 1.24 bits per heavy atom. The van der Waals surface area contributed by atoms with Gasteiger partial charge in [0.15, 0.2) is 0 Å². The van der Waals surface area contributed by atoms with Crippen LogP contribution < -0.4 is 0 Å². The first-order valence-corrected chi connectivity index (χ1v) is 10.7. The Balaban J connectivity index is 2.34. The van der Waals surface area contributed by atoms with Crippen LogP contribution in [0.3, 0.4) is 0 Å². The standard InChI is InChI=1S/C19H30N2O3S/c1-5-16-9-8-12-20(14-16)19(22)18-13-17(11-10-15(18)4)25(23,24)21(6-2)7-3/h10-11,13,16H,5-9,12,14H2,1-4H3. The topological polar surface area (TPSA) is 57.7 Å². The maximum absolute atomic E-state index is 13.0. The van der Waals surface area contributed by atoms with Crippen LogP contribution in [-0.4, -0.2) is 49.7 Å². The lowest BCUT2D eigenvalue weighted by Crippen LogP contribution is -2.40. The fraction of sp³-hybridized carbons (Fsp3) is 0.632. The maximum Gasteiger partial charge on any atom is 0.254 e.